The Balaban J connectivity index is 2.88. The van der Waals surface area contributed by atoms with E-state index in [0.717, 1.165) is 51.4 Å². The van der Waals surface area contributed by atoms with E-state index in [1.165, 1.54) is 0 Å². The van der Waals surface area contributed by atoms with Gasteiger partial charge in [-0.05, 0) is 32.6 Å². The monoisotopic (exact) mass is 390 g/mol. The van der Waals surface area contributed by atoms with Gasteiger partial charge in [0.2, 0.25) is 0 Å². The molecular weight excluding hydrogens is 348 g/mol. The standard InChI is InChI=1S/C21H42O6/c1-6-10-15(11-7-2)25-20-18(24)17(23)19(16(14-22)26-20)27-21(5,12-8-3)13-9-4/h15-20,22-24H,6-14H2,1-5H3. The van der Waals surface area contributed by atoms with E-state index in [2.05, 4.69) is 27.7 Å². The highest BCUT2D eigenvalue weighted by Gasteiger charge is 2.48. The van der Waals surface area contributed by atoms with Crippen LogP contribution < -0.4 is 0 Å². The second-order valence-corrected chi connectivity index (χ2v) is 8.07. The van der Waals surface area contributed by atoms with E-state index in [4.69, 9.17) is 14.2 Å². The van der Waals surface area contributed by atoms with E-state index in [9.17, 15) is 15.3 Å². The van der Waals surface area contributed by atoms with Crippen LogP contribution in [-0.4, -0.2) is 64.3 Å². The number of ether oxygens (including phenoxy) is 3. The lowest BCUT2D eigenvalue weighted by Crippen LogP contribution is -2.62. The van der Waals surface area contributed by atoms with Gasteiger partial charge in [0.15, 0.2) is 6.29 Å². The first-order chi connectivity index (χ1) is 12.9. The predicted molar refractivity (Wildman–Crippen MR) is 106 cm³/mol. The Kier molecular flexibility index (Phi) is 11.3. The zero-order chi connectivity index (χ0) is 20.4. The molecule has 0 saturated carbocycles. The highest BCUT2D eigenvalue weighted by molar-refractivity contribution is 4.93. The van der Waals surface area contributed by atoms with Crippen LogP contribution in [0.2, 0.25) is 0 Å². The molecule has 0 spiro atoms. The molecule has 6 heteroatoms. The highest BCUT2D eigenvalue weighted by Crippen LogP contribution is 2.33. The SMILES string of the molecule is CCCC(CCC)OC1OC(CO)C(OC(C)(CCC)CCC)C(O)C1O. The molecule has 1 aliphatic heterocycles. The maximum Gasteiger partial charge on any atom is 0.186 e. The Bertz CT molecular complexity index is 377. The molecule has 0 aliphatic carbocycles. The molecule has 0 amide bonds. The molecule has 6 nitrogen and oxygen atoms in total. The van der Waals surface area contributed by atoms with Crippen molar-refractivity contribution in [3.05, 3.63) is 0 Å². The molecule has 1 aliphatic rings. The number of hydrogen-bond acceptors (Lipinski definition) is 6. The van der Waals surface area contributed by atoms with Gasteiger partial charge < -0.3 is 29.5 Å². The smallest absolute Gasteiger partial charge is 0.186 e. The molecule has 0 aromatic carbocycles. The molecule has 0 aromatic rings. The molecule has 0 radical (unpaired) electrons. The first-order valence-electron chi connectivity index (χ1n) is 10.8. The van der Waals surface area contributed by atoms with Crippen LogP contribution in [0.5, 0.6) is 0 Å². The van der Waals surface area contributed by atoms with Crippen molar-refractivity contribution < 1.29 is 29.5 Å². The summed E-state index contributed by atoms with van der Waals surface area (Å²) < 4.78 is 18.1. The van der Waals surface area contributed by atoms with Crippen molar-refractivity contribution in [2.24, 2.45) is 0 Å². The molecule has 1 rings (SSSR count). The maximum absolute atomic E-state index is 10.7. The molecule has 5 atom stereocenters. The van der Waals surface area contributed by atoms with Gasteiger partial charge in [0.05, 0.1) is 18.3 Å². The van der Waals surface area contributed by atoms with Crippen molar-refractivity contribution in [3.8, 4) is 0 Å². The lowest BCUT2D eigenvalue weighted by molar-refractivity contribution is -0.329. The van der Waals surface area contributed by atoms with Crippen molar-refractivity contribution in [2.45, 2.75) is 128 Å². The van der Waals surface area contributed by atoms with Gasteiger partial charge in [-0.2, -0.15) is 0 Å². The lowest BCUT2D eigenvalue weighted by Gasteiger charge is -2.46. The molecule has 5 unspecified atom stereocenters. The molecule has 1 fully saturated rings. The fourth-order valence-electron chi connectivity index (χ4n) is 4.05. The fraction of sp³-hybridized carbons (Fsp3) is 1.00. The number of aliphatic hydroxyl groups excluding tert-OH is 3. The number of hydrogen-bond donors (Lipinski definition) is 3. The third-order valence-electron chi connectivity index (χ3n) is 5.35. The summed E-state index contributed by atoms with van der Waals surface area (Å²) in [6.45, 7) is 10.1. The molecule has 1 heterocycles. The Morgan fingerprint density at radius 3 is 1.93 bits per heavy atom. The molecule has 27 heavy (non-hydrogen) atoms. The van der Waals surface area contributed by atoms with Gasteiger partial charge in [-0.25, -0.2) is 0 Å². The minimum Gasteiger partial charge on any atom is -0.394 e. The van der Waals surface area contributed by atoms with Crippen LogP contribution in [-0.2, 0) is 14.2 Å². The first kappa shape index (κ1) is 24.8. The Morgan fingerprint density at radius 1 is 0.926 bits per heavy atom. The Morgan fingerprint density at radius 2 is 1.48 bits per heavy atom. The van der Waals surface area contributed by atoms with Crippen LogP contribution in [0.1, 0.15) is 86.0 Å². The number of aliphatic hydroxyl groups is 3. The molecule has 3 N–H and O–H groups in total. The van der Waals surface area contributed by atoms with Gasteiger partial charge in [-0.3, -0.25) is 0 Å². The van der Waals surface area contributed by atoms with Crippen LogP contribution in [0.3, 0.4) is 0 Å². The van der Waals surface area contributed by atoms with Crippen molar-refractivity contribution in [2.75, 3.05) is 6.61 Å². The summed E-state index contributed by atoms with van der Waals surface area (Å²) >= 11 is 0. The zero-order valence-electron chi connectivity index (χ0n) is 17.9. The van der Waals surface area contributed by atoms with E-state index in [1.54, 1.807) is 0 Å². The minimum atomic E-state index is -1.21. The number of rotatable bonds is 13. The van der Waals surface area contributed by atoms with Crippen LogP contribution in [0.25, 0.3) is 0 Å². The minimum absolute atomic E-state index is 0.0332. The summed E-state index contributed by atoms with van der Waals surface area (Å²) in [4.78, 5) is 0. The van der Waals surface area contributed by atoms with Crippen molar-refractivity contribution in [3.63, 3.8) is 0 Å². The highest BCUT2D eigenvalue weighted by atomic mass is 16.7. The van der Waals surface area contributed by atoms with Gasteiger partial charge >= 0.3 is 0 Å². The lowest BCUT2D eigenvalue weighted by atomic mass is 9.92. The Labute approximate surface area is 165 Å². The summed E-state index contributed by atoms with van der Waals surface area (Å²) in [6.07, 6.45) is 2.38. The van der Waals surface area contributed by atoms with Crippen molar-refractivity contribution >= 4 is 0 Å². The predicted octanol–water partition coefficient (Wildman–Crippen LogP) is 3.15. The van der Waals surface area contributed by atoms with Gasteiger partial charge in [0.25, 0.3) is 0 Å². The summed E-state index contributed by atoms with van der Waals surface area (Å²) in [5.74, 6) is 0. The van der Waals surface area contributed by atoms with Crippen molar-refractivity contribution in [1.29, 1.82) is 0 Å². The van der Waals surface area contributed by atoms with Crippen LogP contribution >= 0.6 is 0 Å². The average molecular weight is 391 g/mol. The second-order valence-electron chi connectivity index (χ2n) is 8.07. The van der Waals surface area contributed by atoms with E-state index >= 15 is 0 Å². The van der Waals surface area contributed by atoms with Gasteiger partial charge in [0.1, 0.15) is 24.4 Å². The zero-order valence-corrected chi connectivity index (χ0v) is 17.9. The van der Waals surface area contributed by atoms with E-state index in [1.807, 2.05) is 6.92 Å². The maximum atomic E-state index is 10.7. The van der Waals surface area contributed by atoms with Crippen molar-refractivity contribution in [1.82, 2.24) is 0 Å². The van der Waals surface area contributed by atoms with Gasteiger partial charge in [0, 0.05) is 0 Å². The normalized spacial score (nSPS) is 29.4. The summed E-state index contributed by atoms with van der Waals surface area (Å²) in [5, 5.41) is 31.2. The largest absolute Gasteiger partial charge is 0.394 e. The van der Waals surface area contributed by atoms with E-state index in [0.29, 0.717) is 0 Å². The average Bonchev–Trinajstić information content (AvgIpc) is 2.62. The third-order valence-corrected chi connectivity index (χ3v) is 5.35. The van der Waals surface area contributed by atoms with Crippen LogP contribution in [0.4, 0.5) is 0 Å². The molecule has 162 valence electrons. The summed E-state index contributed by atoms with van der Waals surface area (Å²) in [5.41, 5.74) is -0.424. The summed E-state index contributed by atoms with van der Waals surface area (Å²) in [7, 11) is 0. The van der Waals surface area contributed by atoms with E-state index < -0.39 is 36.3 Å². The van der Waals surface area contributed by atoms with Crippen LogP contribution in [0, 0.1) is 0 Å². The first-order valence-corrected chi connectivity index (χ1v) is 10.8. The molecule has 0 aromatic heterocycles. The fourth-order valence-corrected chi connectivity index (χ4v) is 4.05. The third kappa shape index (κ3) is 7.26. The molecular formula is C21H42O6. The summed E-state index contributed by atoms with van der Waals surface area (Å²) in [6, 6.07) is 0. The van der Waals surface area contributed by atoms with E-state index in [-0.39, 0.29) is 12.7 Å². The van der Waals surface area contributed by atoms with Crippen LogP contribution in [0.15, 0.2) is 0 Å². The topological polar surface area (TPSA) is 88.4 Å². The second kappa shape index (κ2) is 12.3. The van der Waals surface area contributed by atoms with Gasteiger partial charge in [-0.15, -0.1) is 0 Å². The quantitative estimate of drug-likeness (QED) is 0.448. The Hall–Kier alpha value is -0.240. The molecule has 1 saturated heterocycles. The van der Waals surface area contributed by atoms with Gasteiger partial charge in [-0.1, -0.05) is 53.4 Å². The molecule has 0 bridgehead atoms.